The Hall–Kier alpha value is -1.85. The van der Waals surface area contributed by atoms with Gasteiger partial charge in [0.05, 0.1) is 11.8 Å². The average molecular weight is 306 g/mol. The van der Waals surface area contributed by atoms with Gasteiger partial charge in [0.15, 0.2) is 0 Å². The largest absolute Gasteiger partial charge is 0.356 e. The van der Waals surface area contributed by atoms with Crippen LogP contribution in [0, 0.1) is 6.92 Å². The lowest BCUT2D eigenvalue weighted by atomic mass is 10.1. The van der Waals surface area contributed by atoms with Gasteiger partial charge < -0.3 is 10.2 Å². The van der Waals surface area contributed by atoms with Crippen LogP contribution in [0.15, 0.2) is 6.20 Å². The molecule has 0 radical (unpaired) electrons. The van der Waals surface area contributed by atoms with Gasteiger partial charge in [-0.15, -0.1) is 0 Å². The number of carbonyl (C=O) groups excluding carboxylic acids is 2. The predicted octanol–water partition coefficient (Wildman–Crippen LogP) is 1.73. The molecule has 1 aromatic rings. The molecular weight excluding hydrogens is 280 g/mol. The summed E-state index contributed by atoms with van der Waals surface area (Å²) in [4.78, 5) is 26.3. The van der Waals surface area contributed by atoms with E-state index in [-0.39, 0.29) is 11.8 Å². The van der Waals surface area contributed by atoms with Gasteiger partial charge in [-0.2, -0.15) is 5.10 Å². The summed E-state index contributed by atoms with van der Waals surface area (Å²) < 4.78 is 1.83. The van der Waals surface area contributed by atoms with E-state index in [1.165, 1.54) is 0 Å². The van der Waals surface area contributed by atoms with Crippen molar-refractivity contribution in [2.45, 2.75) is 52.5 Å². The predicted molar refractivity (Wildman–Crippen MR) is 84.6 cm³/mol. The molecule has 0 saturated carbocycles. The van der Waals surface area contributed by atoms with Crippen LogP contribution in [0.25, 0.3) is 0 Å². The van der Waals surface area contributed by atoms with Gasteiger partial charge in [-0.25, -0.2) is 0 Å². The first-order valence-corrected chi connectivity index (χ1v) is 8.22. The number of carbonyl (C=O) groups is 2. The van der Waals surface area contributed by atoms with Crippen LogP contribution in [-0.4, -0.2) is 46.1 Å². The van der Waals surface area contributed by atoms with E-state index in [9.17, 15) is 9.59 Å². The minimum Gasteiger partial charge on any atom is -0.356 e. The molecule has 2 rings (SSSR count). The summed E-state index contributed by atoms with van der Waals surface area (Å²) in [6, 6.07) is 0. The Balaban J connectivity index is 2.09. The Morgan fingerprint density at radius 2 is 2.05 bits per heavy atom. The Labute approximate surface area is 131 Å². The highest BCUT2D eigenvalue weighted by molar-refractivity contribution is 5.95. The third-order valence-electron chi connectivity index (χ3n) is 4.21. The summed E-state index contributed by atoms with van der Waals surface area (Å²) in [7, 11) is 0. The molecule has 1 saturated heterocycles. The maximum atomic E-state index is 12.7. The SMILES string of the molecule is CCn1ncc(C(=O)N2CCCCCCNC(=O)CC2)c1C. The van der Waals surface area contributed by atoms with Crippen LogP contribution < -0.4 is 5.32 Å². The molecule has 0 aromatic carbocycles. The molecular formula is C16H26N4O2. The molecule has 1 aliphatic rings. The summed E-state index contributed by atoms with van der Waals surface area (Å²) in [5, 5.41) is 7.16. The highest BCUT2D eigenvalue weighted by Crippen LogP contribution is 2.13. The van der Waals surface area contributed by atoms with E-state index in [4.69, 9.17) is 0 Å². The number of aromatic nitrogens is 2. The lowest BCUT2D eigenvalue weighted by molar-refractivity contribution is -0.121. The van der Waals surface area contributed by atoms with Crippen molar-refractivity contribution in [2.24, 2.45) is 0 Å². The molecule has 1 aromatic heterocycles. The van der Waals surface area contributed by atoms with Crippen molar-refractivity contribution in [1.82, 2.24) is 20.0 Å². The molecule has 6 nitrogen and oxygen atoms in total. The van der Waals surface area contributed by atoms with Crippen LogP contribution in [0.5, 0.6) is 0 Å². The van der Waals surface area contributed by atoms with Crippen LogP contribution in [0.1, 0.15) is 55.1 Å². The lowest BCUT2D eigenvalue weighted by Crippen LogP contribution is -2.36. The minimum atomic E-state index is -0.00996. The van der Waals surface area contributed by atoms with Gasteiger partial charge in [-0.05, 0) is 26.7 Å². The molecule has 1 N–H and O–H groups in total. The molecule has 2 amide bonds. The zero-order valence-electron chi connectivity index (χ0n) is 13.6. The van der Waals surface area contributed by atoms with Crippen molar-refractivity contribution in [2.75, 3.05) is 19.6 Å². The smallest absolute Gasteiger partial charge is 0.257 e. The number of aryl methyl sites for hydroxylation is 1. The summed E-state index contributed by atoms with van der Waals surface area (Å²) in [6.45, 7) is 6.61. The van der Waals surface area contributed by atoms with E-state index in [0.29, 0.717) is 25.1 Å². The van der Waals surface area contributed by atoms with Crippen LogP contribution in [0.2, 0.25) is 0 Å². The highest BCUT2D eigenvalue weighted by atomic mass is 16.2. The fourth-order valence-electron chi connectivity index (χ4n) is 2.79. The number of amides is 2. The van der Waals surface area contributed by atoms with Gasteiger partial charge in [0, 0.05) is 38.3 Å². The first-order valence-electron chi connectivity index (χ1n) is 8.22. The molecule has 0 aliphatic carbocycles. The van der Waals surface area contributed by atoms with E-state index < -0.39 is 0 Å². The summed E-state index contributed by atoms with van der Waals surface area (Å²) in [5.41, 5.74) is 1.54. The molecule has 0 unspecified atom stereocenters. The maximum Gasteiger partial charge on any atom is 0.257 e. The van der Waals surface area contributed by atoms with Crippen molar-refractivity contribution in [3.05, 3.63) is 17.5 Å². The number of hydrogen-bond donors (Lipinski definition) is 1. The fourth-order valence-corrected chi connectivity index (χ4v) is 2.79. The monoisotopic (exact) mass is 306 g/mol. The second-order valence-electron chi connectivity index (χ2n) is 5.77. The average Bonchev–Trinajstić information content (AvgIpc) is 2.86. The van der Waals surface area contributed by atoms with Gasteiger partial charge in [-0.1, -0.05) is 12.8 Å². The van der Waals surface area contributed by atoms with Crippen LogP contribution in [0.3, 0.4) is 0 Å². The Morgan fingerprint density at radius 3 is 2.77 bits per heavy atom. The standard InChI is InChI=1S/C16H26N4O2/c1-3-20-13(2)14(12-18-20)16(22)19-10-7-5-4-6-9-17-15(21)8-11-19/h12H,3-11H2,1-2H3,(H,17,21). The zero-order valence-corrected chi connectivity index (χ0v) is 13.6. The van der Waals surface area contributed by atoms with Gasteiger partial charge in [0.1, 0.15) is 0 Å². The van der Waals surface area contributed by atoms with Crippen molar-refractivity contribution >= 4 is 11.8 Å². The van der Waals surface area contributed by atoms with E-state index in [1.54, 1.807) is 11.1 Å². The maximum absolute atomic E-state index is 12.7. The number of rotatable bonds is 2. The molecule has 1 fully saturated rings. The van der Waals surface area contributed by atoms with Gasteiger partial charge in [0.2, 0.25) is 5.91 Å². The molecule has 122 valence electrons. The number of hydrogen-bond acceptors (Lipinski definition) is 3. The molecule has 0 spiro atoms. The van der Waals surface area contributed by atoms with Crippen LogP contribution in [-0.2, 0) is 11.3 Å². The summed E-state index contributed by atoms with van der Waals surface area (Å²) in [5.74, 6) is 0.0184. The third kappa shape index (κ3) is 4.08. The van der Waals surface area contributed by atoms with Gasteiger partial charge in [-0.3, -0.25) is 14.3 Å². The summed E-state index contributed by atoms with van der Waals surface area (Å²) in [6.07, 6.45) is 6.20. The molecule has 6 heteroatoms. The number of nitrogens with zero attached hydrogens (tertiary/aromatic N) is 3. The first kappa shape index (κ1) is 16.5. The quantitative estimate of drug-likeness (QED) is 0.905. The van der Waals surface area contributed by atoms with Crippen molar-refractivity contribution < 1.29 is 9.59 Å². The van der Waals surface area contributed by atoms with E-state index in [1.807, 2.05) is 18.5 Å². The van der Waals surface area contributed by atoms with Crippen molar-refractivity contribution in [3.63, 3.8) is 0 Å². The first-order chi connectivity index (χ1) is 10.6. The van der Waals surface area contributed by atoms with Crippen LogP contribution >= 0.6 is 0 Å². The van der Waals surface area contributed by atoms with Gasteiger partial charge in [0.25, 0.3) is 5.91 Å². The normalized spacial score (nSPS) is 17.7. The Kier molecular flexibility index (Phi) is 5.98. The van der Waals surface area contributed by atoms with Gasteiger partial charge >= 0.3 is 0 Å². The summed E-state index contributed by atoms with van der Waals surface area (Å²) >= 11 is 0. The Bertz CT molecular complexity index is 524. The van der Waals surface area contributed by atoms with E-state index in [2.05, 4.69) is 10.4 Å². The highest BCUT2D eigenvalue weighted by Gasteiger charge is 2.21. The minimum absolute atomic E-state index is 0.00996. The van der Waals surface area contributed by atoms with E-state index in [0.717, 1.165) is 44.5 Å². The zero-order chi connectivity index (χ0) is 15.9. The molecule has 0 atom stereocenters. The Morgan fingerprint density at radius 1 is 1.27 bits per heavy atom. The topological polar surface area (TPSA) is 67.2 Å². The molecule has 1 aliphatic heterocycles. The van der Waals surface area contributed by atoms with Crippen molar-refractivity contribution in [3.8, 4) is 0 Å². The molecule has 22 heavy (non-hydrogen) atoms. The third-order valence-corrected chi connectivity index (χ3v) is 4.21. The second kappa shape index (κ2) is 7.96. The molecule has 0 bridgehead atoms. The second-order valence-corrected chi connectivity index (χ2v) is 5.77. The van der Waals surface area contributed by atoms with E-state index >= 15 is 0 Å². The molecule has 2 heterocycles. The van der Waals surface area contributed by atoms with Crippen LogP contribution in [0.4, 0.5) is 0 Å². The fraction of sp³-hybridized carbons (Fsp3) is 0.688. The lowest BCUT2D eigenvalue weighted by Gasteiger charge is -2.22. The van der Waals surface area contributed by atoms with Crippen molar-refractivity contribution in [1.29, 1.82) is 0 Å². The number of nitrogens with one attached hydrogen (secondary N) is 1.